The lowest BCUT2D eigenvalue weighted by Crippen LogP contribution is -2.63. The summed E-state index contributed by atoms with van der Waals surface area (Å²) in [6, 6.07) is 2.58. The molecule has 0 amide bonds. The van der Waals surface area contributed by atoms with E-state index < -0.39 is 0 Å². The second-order valence-corrected chi connectivity index (χ2v) is 3.94. The summed E-state index contributed by atoms with van der Waals surface area (Å²) in [7, 11) is 0. The van der Waals surface area contributed by atoms with Crippen molar-refractivity contribution in [3.63, 3.8) is 0 Å². The second-order valence-electron chi connectivity index (χ2n) is 3.94. The zero-order chi connectivity index (χ0) is 11.2. The average Bonchev–Trinajstić information content (AvgIpc) is 2.27. The Labute approximate surface area is 89.1 Å². The summed E-state index contributed by atoms with van der Waals surface area (Å²) in [6.07, 6.45) is 1.91. The van der Waals surface area contributed by atoms with Crippen molar-refractivity contribution in [3.05, 3.63) is 0 Å². The van der Waals surface area contributed by atoms with Crippen LogP contribution in [0.3, 0.4) is 0 Å². The first-order valence-corrected chi connectivity index (χ1v) is 5.89. The van der Waals surface area contributed by atoms with E-state index >= 15 is 0 Å². The Hall–Kier alpha value is -0.550. The molecule has 0 aromatic carbocycles. The van der Waals surface area contributed by atoms with Crippen molar-refractivity contribution < 1.29 is 4.48 Å². The van der Waals surface area contributed by atoms with E-state index in [-0.39, 0.29) is 5.54 Å². The molecule has 0 N–H and O–H groups in total. The highest BCUT2D eigenvalue weighted by Crippen LogP contribution is 2.31. The highest BCUT2D eigenvalue weighted by Gasteiger charge is 2.45. The van der Waals surface area contributed by atoms with Crippen LogP contribution in [0.15, 0.2) is 0 Å². The minimum absolute atomic E-state index is 0.168. The van der Waals surface area contributed by atoms with Crippen LogP contribution < -0.4 is 0 Å². The van der Waals surface area contributed by atoms with Crippen LogP contribution in [0.4, 0.5) is 0 Å². The summed E-state index contributed by atoms with van der Waals surface area (Å²) in [5, 5.41) is 9.44. The Bertz CT molecular complexity index is 187. The molecule has 0 aliphatic rings. The van der Waals surface area contributed by atoms with E-state index in [2.05, 4.69) is 40.7 Å². The van der Waals surface area contributed by atoms with Crippen molar-refractivity contribution in [2.45, 2.75) is 53.0 Å². The van der Waals surface area contributed by atoms with E-state index in [9.17, 15) is 5.26 Å². The summed E-state index contributed by atoms with van der Waals surface area (Å²) in [4.78, 5) is 0. The number of quaternary nitrogens is 1. The van der Waals surface area contributed by atoms with Crippen LogP contribution in [0.5, 0.6) is 0 Å². The van der Waals surface area contributed by atoms with Crippen LogP contribution in [-0.2, 0) is 0 Å². The molecule has 0 aliphatic carbocycles. The Morgan fingerprint density at radius 1 is 0.929 bits per heavy atom. The van der Waals surface area contributed by atoms with Gasteiger partial charge in [0.05, 0.1) is 19.6 Å². The van der Waals surface area contributed by atoms with Crippen LogP contribution >= 0.6 is 0 Å². The van der Waals surface area contributed by atoms with Gasteiger partial charge < -0.3 is 4.48 Å². The molecule has 2 heteroatoms. The molecule has 0 heterocycles. The molecule has 0 unspecified atom stereocenters. The fraction of sp³-hybridized carbons (Fsp3) is 0.917. The highest BCUT2D eigenvalue weighted by atomic mass is 15.4. The number of nitriles is 1. The molecule has 82 valence electrons. The van der Waals surface area contributed by atoms with Crippen LogP contribution in [0, 0.1) is 11.3 Å². The fourth-order valence-corrected chi connectivity index (χ4v) is 2.76. The maximum absolute atomic E-state index is 9.44. The van der Waals surface area contributed by atoms with E-state index in [0.717, 1.165) is 37.0 Å². The van der Waals surface area contributed by atoms with Gasteiger partial charge in [-0.1, -0.05) is 13.8 Å². The molecule has 0 atom stereocenters. The fourth-order valence-electron chi connectivity index (χ4n) is 2.76. The first-order chi connectivity index (χ1) is 6.61. The summed E-state index contributed by atoms with van der Waals surface area (Å²) < 4.78 is 0.941. The lowest BCUT2D eigenvalue weighted by molar-refractivity contribution is -0.964. The van der Waals surface area contributed by atoms with Gasteiger partial charge in [-0.2, -0.15) is 5.26 Å². The molecular formula is C12H25N2+. The van der Waals surface area contributed by atoms with Gasteiger partial charge in [-0.05, 0) is 20.8 Å². The first-order valence-electron chi connectivity index (χ1n) is 5.89. The third-order valence-corrected chi connectivity index (χ3v) is 4.10. The van der Waals surface area contributed by atoms with Gasteiger partial charge in [-0.3, -0.25) is 0 Å². The van der Waals surface area contributed by atoms with Crippen molar-refractivity contribution >= 4 is 0 Å². The van der Waals surface area contributed by atoms with Crippen LogP contribution in [0.25, 0.3) is 0 Å². The normalized spacial score (nSPS) is 12.6. The molecule has 0 spiro atoms. The predicted octanol–water partition coefficient (Wildman–Crippen LogP) is 2.95. The molecule has 0 fully saturated rings. The van der Waals surface area contributed by atoms with Crippen LogP contribution in [0.2, 0.25) is 0 Å². The van der Waals surface area contributed by atoms with E-state index in [4.69, 9.17) is 0 Å². The van der Waals surface area contributed by atoms with Gasteiger partial charge in [-0.15, -0.1) is 0 Å². The summed E-state index contributed by atoms with van der Waals surface area (Å²) in [5.74, 6) is 0. The third-order valence-electron chi connectivity index (χ3n) is 4.10. The van der Waals surface area contributed by atoms with Crippen molar-refractivity contribution in [3.8, 4) is 6.07 Å². The molecule has 0 aromatic heterocycles. The smallest absolute Gasteiger partial charge is 0.185 e. The zero-order valence-corrected chi connectivity index (χ0v) is 10.4. The van der Waals surface area contributed by atoms with Gasteiger partial charge in [0.1, 0.15) is 6.07 Å². The number of rotatable bonds is 6. The molecule has 14 heavy (non-hydrogen) atoms. The SMILES string of the molecule is CCC(C#N)(CC)[N+](CC)(CC)CC. The van der Waals surface area contributed by atoms with E-state index in [1.165, 1.54) is 0 Å². The van der Waals surface area contributed by atoms with Gasteiger partial charge in [0.2, 0.25) is 0 Å². The van der Waals surface area contributed by atoms with Gasteiger partial charge >= 0.3 is 0 Å². The molecule has 0 aliphatic heterocycles. The van der Waals surface area contributed by atoms with Crippen LogP contribution in [-0.4, -0.2) is 29.7 Å². The summed E-state index contributed by atoms with van der Waals surface area (Å²) >= 11 is 0. The molecule has 0 rings (SSSR count). The Morgan fingerprint density at radius 2 is 1.29 bits per heavy atom. The lowest BCUT2D eigenvalue weighted by atomic mass is 9.88. The first kappa shape index (κ1) is 13.4. The quantitative estimate of drug-likeness (QED) is 0.601. The van der Waals surface area contributed by atoms with Gasteiger partial charge in [0.25, 0.3) is 0 Å². The Balaban J connectivity index is 5.22. The highest BCUT2D eigenvalue weighted by molar-refractivity contribution is 5.00. The molecule has 2 nitrogen and oxygen atoms in total. The number of nitrogens with zero attached hydrogens (tertiary/aromatic N) is 2. The van der Waals surface area contributed by atoms with Gasteiger partial charge in [0.15, 0.2) is 5.54 Å². The molecule has 0 aromatic rings. The lowest BCUT2D eigenvalue weighted by Gasteiger charge is -2.48. The Kier molecular flexibility index (Phi) is 5.15. The largest absolute Gasteiger partial charge is 0.308 e. The van der Waals surface area contributed by atoms with E-state index in [1.807, 2.05) is 0 Å². The maximum atomic E-state index is 9.44. The molecule has 0 saturated carbocycles. The average molecular weight is 197 g/mol. The third kappa shape index (κ3) is 1.79. The monoisotopic (exact) mass is 197 g/mol. The van der Waals surface area contributed by atoms with Gasteiger partial charge in [0, 0.05) is 12.8 Å². The van der Waals surface area contributed by atoms with Crippen molar-refractivity contribution in [2.75, 3.05) is 19.6 Å². The van der Waals surface area contributed by atoms with Gasteiger partial charge in [-0.25, -0.2) is 0 Å². The molecule has 0 bridgehead atoms. The molecule has 0 radical (unpaired) electrons. The Morgan fingerprint density at radius 3 is 1.36 bits per heavy atom. The number of hydrogen-bond acceptors (Lipinski definition) is 1. The van der Waals surface area contributed by atoms with Crippen molar-refractivity contribution in [2.24, 2.45) is 0 Å². The van der Waals surface area contributed by atoms with E-state index in [0.29, 0.717) is 0 Å². The second kappa shape index (κ2) is 5.36. The predicted molar refractivity (Wildman–Crippen MR) is 60.8 cm³/mol. The summed E-state index contributed by atoms with van der Waals surface area (Å²) in [5.41, 5.74) is -0.168. The van der Waals surface area contributed by atoms with E-state index in [1.54, 1.807) is 0 Å². The zero-order valence-electron chi connectivity index (χ0n) is 10.4. The van der Waals surface area contributed by atoms with Crippen LogP contribution in [0.1, 0.15) is 47.5 Å². The minimum atomic E-state index is -0.168. The topological polar surface area (TPSA) is 23.8 Å². The van der Waals surface area contributed by atoms with Crippen molar-refractivity contribution in [1.29, 1.82) is 5.26 Å². The number of hydrogen-bond donors (Lipinski definition) is 0. The molecule has 0 saturated heterocycles. The minimum Gasteiger partial charge on any atom is -0.308 e. The maximum Gasteiger partial charge on any atom is 0.185 e. The standard InChI is InChI=1S/C12H25N2/c1-6-12(7-2,11-13)14(8-3,9-4)10-5/h6-10H2,1-5H3/q+1. The van der Waals surface area contributed by atoms with Crippen molar-refractivity contribution in [1.82, 2.24) is 0 Å². The summed E-state index contributed by atoms with van der Waals surface area (Å²) in [6.45, 7) is 14.0. The molecular weight excluding hydrogens is 172 g/mol.